The zero-order chi connectivity index (χ0) is 13.8. The monoisotopic (exact) mass is 266 g/mol. The molecule has 0 spiro atoms. The molecule has 0 radical (unpaired) electrons. The first-order chi connectivity index (χ1) is 9.08. The summed E-state index contributed by atoms with van der Waals surface area (Å²) in [6, 6.07) is 7.07. The third-order valence-corrected chi connectivity index (χ3v) is 3.66. The average Bonchev–Trinajstić information content (AvgIpc) is 2.86. The summed E-state index contributed by atoms with van der Waals surface area (Å²) in [4.78, 5) is 14.6. The summed E-state index contributed by atoms with van der Waals surface area (Å²) in [5.41, 5.74) is 0.636. The van der Waals surface area contributed by atoms with E-state index in [1.165, 1.54) is 6.07 Å². The summed E-state index contributed by atoms with van der Waals surface area (Å²) in [5.74, 6) is -0.979. The number of anilines is 1. The summed E-state index contributed by atoms with van der Waals surface area (Å²) >= 11 is 0. The molecule has 0 bridgehead atoms. The normalized spacial score (nSPS) is 19.1. The lowest BCUT2D eigenvalue weighted by atomic mass is 10.2. The van der Waals surface area contributed by atoms with Crippen LogP contribution in [-0.4, -0.2) is 48.7 Å². The largest absolute Gasteiger partial charge is 0.481 e. The standard InChI is InChI=1S/C14H19FN2O2/c1-16(8-7-14(18)19)11-6-9-17(10-11)13-5-3-2-4-12(13)15/h2-5,11H,6-10H2,1H3,(H,18,19). The number of hydrogen-bond donors (Lipinski definition) is 1. The number of para-hydroxylation sites is 1. The minimum atomic E-state index is -0.782. The van der Waals surface area contributed by atoms with Gasteiger partial charge in [0.25, 0.3) is 0 Å². The van der Waals surface area contributed by atoms with Crippen LogP contribution in [-0.2, 0) is 4.79 Å². The molecular weight excluding hydrogens is 247 g/mol. The predicted molar refractivity (Wildman–Crippen MR) is 71.9 cm³/mol. The molecule has 19 heavy (non-hydrogen) atoms. The van der Waals surface area contributed by atoms with E-state index in [4.69, 9.17) is 5.11 Å². The van der Waals surface area contributed by atoms with Gasteiger partial charge >= 0.3 is 5.97 Å². The number of benzene rings is 1. The molecule has 1 saturated heterocycles. The second kappa shape index (κ2) is 6.02. The quantitative estimate of drug-likeness (QED) is 0.882. The van der Waals surface area contributed by atoms with Gasteiger partial charge in [-0.25, -0.2) is 4.39 Å². The van der Waals surface area contributed by atoms with Crippen LogP contribution in [0.3, 0.4) is 0 Å². The lowest BCUT2D eigenvalue weighted by molar-refractivity contribution is -0.137. The molecule has 1 aliphatic heterocycles. The van der Waals surface area contributed by atoms with E-state index in [0.29, 0.717) is 18.3 Å². The van der Waals surface area contributed by atoms with Crippen molar-refractivity contribution in [2.75, 3.05) is 31.6 Å². The molecule has 1 atom stereocenters. The maximum atomic E-state index is 13.7. The fourth-order valence-electron chi connectivity index (χ4n) is 2.48. The molecule has 104 valence electrons. The minimum absolute atomic E-state index is 0.146. The molecule has 1 aromatic rings. The second-order valence-electron chi connectivity index (χ2n) is 4.96. The number of halogens is 1. The molecule has 1 aliphatic rings. The molecule has 1 unspecified atom stereocenters. The Morgan fingerprint density at radius 3 is 2.95 bits per heavy atom. The Bertz CT molecular complexity index is 453. The highest BCUT2D eigenvalue weighted by Gasteiger charge is 2.27. The van der Waals surface area contributed by atoms with E-state index in [9.17, 15) is 9.18 Å². The fraction of sp³-hybridized carbons (Fsp3) is 0.500. The van der Waals surface area contributed by atoms with Crippen molar-refractivity contribution in [1.29, 1.82) is 0 Å². The molecule has 1 heterocycles. The fourth-order valence-corrected chi connectivity index (χ4v) is 2.48. The highest BCUT2D eigenvalue weighted by Crippen LogP contribution is 2.24. The van der Waals surface area contributed by atoms with Gasteiger partial charge in [0.15, 0.2) is 0 Å². The van der Waals surface area contributed by atoms with Crippen LogP contribution < -0.4 is 4.90 Å². The van der Waals surface area contributed by atoms with Gasteiger partial charge in [-0.2, -0.15) is 0 Å². The molecule has 1 N–H and O–H groups in total. The van der Waals surface area contributed by atoms with Crippen LogP contribution in [0.1, 0.15) is 12.8 Å². The summed E-state index contributed by atoms with van der Waals surface area (Å²) in [6.07, 6.45) is 1.08. The number of carbonyl (C=O) groups is 1. The van der Waals surface area contributed by atoms with E-state index in [2.05, 4.69) is 4.90 Å². The van der Waals surface area contributed by atoms with Crippen LogP contribution in [0.4, 0.5) is 10.1 Å². The Hall–Kier alpha value is -1.62. The van der Waals surface area contributed by atoms with E-state index >= 15 is 0 Å². The van der Waals surface area contributed by atoms with E-state index in [0.717, 1.165) is 19.5 Å². The highest BCUT2D eigenvalue weighted by atomic mass is 19.1. The van der Waals surface area contributed by atoms with Crippen molar-refractivity contribution in [3.05, 3.63) is 30.1 Å². The zero-order valence-corrected chi connectivity index (χ0v) is 11.1. The van der Waals surface area contributed by atoms with Crippen molar-refractivity contribution in [3.8, 4) is 0 Å². The Balaban J connectivity index is 1.93. The summed E-state index contributed by atoms with van der Waals surface area (Å²) in [5, 5.41) is 8.68. The van der Waals surface area contributed by atoms with Crippen molar-refractivity contribution in [1.82, 2.24) is 4.90 Å². The highest BCUT2D eigenvalue weighted by molar-refractivity contribution is 5.66. The summed E-state index contributed by atoms with van der Waals surface area (Å²) in [7, 11) is 1.93. The number of rotatable bonds is 5. The number of carboxylic acid groups (broad SMARTS) is 1. The SMILES string of the molecule is CN(CCC(=O)O)C1CCN(c2ccccc2F)C1. The maximum Gasteiger partial charge on any atom is 0.304 e. The number of nitrogens with zero attached hydrogens (tertiary/aromatic N) is 2. The first-order valence-corrected chi connectivity index (χ1v) is 6.49. The third kappa shape index (κ3) is 3.44. The average molecular weight is 266 g/mol. The third-order valence-electron chi connectivity index (χ3n) is 3.66. The van der Waals surface area contributed by atoms with Gasteiger partial charge in [0.05, 0.1) is 12.1 Å². The van der Waals surface area contributed by atoms with Gasteiger partial charge in [0.1, 0.15) is 5.82 Å². The Labute approximate surface area is 112 Å². The lowest BCUT2D eigenvalue weighted by Gasteiger charge is -2.24. The van der Waals surface area contributed by atoms with E-state index < -0.39 is 5.97 Å². The van der Waals surface area contributed by atoms with Crippen LogP contribution in [0, 0.1) is 5.82 Å². The van der Waals surface area contributed by atoms with Crippen LogP contribution in [0.15, 0.2) is 24.3 Å². The number of carboxylic acids is 1. The smallest absolute Gasteiger partial charge is 0.304 e. The van der Waals surface area contributed by atoms with Gasteiger partial charge < -0.3 is 14.9 Å². The van der Waals surface area contributed by atoms with Gasteiger partial charge in [-0.1, -0.05) is 12.1 Å². The van der Waals surface area contributed by atoms with E-state index in [-0.39, 0.29) is 12.2 Å². The Morgan fingerprint density at radius 1 is 1.53 bits per heavy atom. The number of hydrogen-bond acceptors (Lipinski definition) is 3. The van der Waals surface area contributed by atoms with Crippen LogP contribution in [0.5, 0.6) is 0 Å². The van der Waals surface area contributed by atoms with Crippen molar-refractivity contribution < 1.29 is 14.3 Å². The van der Waals surface area contributed by atoms with E-state index in [1.807, 2.05) is 18.0 Å². The molecule has 1 fully saturated rings. The first-order valence-electron chi connectivity index (χ1n) is 6.49. The van der Waals surface area contributed by atoms with Gasteiger partial charge in [0, 0.05) is 25.7 Å². The van der Waals surface area contributed by atoms with Crippen LogP contribution in [0.25, 0.3) is 0 Å². The van der Waals surface area contributed by atoms with Gasteiger partial charge in [0.2, 0.25) is 0 Å². The number of aliphatic carboxylic acids is 1. The lowest BCUT2D eigenvalue weighted by Crippen LogP contribution is -2.36. The van der Waals surface area contributed by atoms with Crippen LogP contribution >= 0.6 is 0 Å². The second-order valence-corrected chi connectivity index (χ2v) is 4.96. The maximum absolute atomic E-state index is 13.7. The number of likely N-dealkylation sites (N-methyl/N-ethyl adjacent to an activating group) is 1. The summed E-state index contributed by atoms with van der Waals surface area (Å²) < 4.78 is 13.7. The van der Waals surface area contributed by atoms with Crippen LogP contribution in [0.2, 0.25) is 0 Å². The topological polar surface area (TPSA) is 43.8 Å². The molecule has 0 aromatic heterocycles. The van der Waals surface area contributed by atoms with Gasteiger partial charge in [-0.3, -0.25) is 4.79 Å². The molecule has 0 saturated carbocycles. The molecule has 4 nitrogen and oxygen atoms in total. The van der Waals surface area contributed by atoms with E-state index in [1.54, 1.807) is 12.1 Å². The molecule has 1 aromatic carbocycles. The Morgan fingerprint density at radius 2 is 2.26 bits per heavy atom. The summed E-state index contributed by atoms with van der Waals surface area (Å²) in [6.45, 7) is 2.09. The minimum Gasteiger partial charge on any atom is -0.481 e. The Kier molecular flexibility index (Phi) is 4.37. The molecule has 0 amide bonds. The van der Waals surface area contributed by atoms with Gasteiger partial charge in [-0.05, 0) is 25.6 Å². The first kappa shape index (κ1) is 13.8. The van der Waals surface area contributed by atoms with Crippen molar-refractivity contribution in [2.45, 2.75) is 18.9 Å². The molecular formula is C14H19FN2O2. The molecule has 2 rings (SSSR count). The zero-order valence-electron chi connectivity index (χ0n) is 11.1. The van der Waals surface area contributed by atoms with Crippen molar-refractivity contribution >= 4 is 11.7 Å². The van der Waals surface area contributed by atoms with Gasteiger partial charge in [-0.15, -0.1) is 0 Å². The molecule has 5 heteroatoms. The van der Waals surface area contributed by atoms with Crippen molar-refractivity contribution in [2.24, 2.45) is 0 Å². The predicted octanol–water partition coefficient (Wildman–Crippen LogP) is 1.81. The molecule has 0 aliphatic carbocycles. The van der Waals surface area contributed by atoms with Crippen molar-refractivity contribution in [3.63, 3.8) is 0 Å².